The Morgan fingerprint density at radius 1 is 1.20 bits per heavy atom. The van der Waals surface area contributed by atoms with Gasteiger partial charge in [-0.1, -0.05) is 18.2 Å². The van der Waals surface area contributed by atoms with Crippen molar-refractivity contribution in [3.63, 3.8) is 0 Å². The standard InChI is InChI=1S/C15H13FN2O2/c16-11-6-4-10(5-7-11)8-18-14(19)9-20-13-3-1-2-12(17)15(13)18/h1-7H,8-9,17H2. The lowest BCUT2D eigenvalue weighted by Crippen LogP contribution is -2.38. The van der Waals surface area contributed by atoms with Crippen molar-refractivity contribution in [1.82, 2.24) is 0 Å². The topological polar surface area (TPSA) is 55.6 Å². The van der Waals surface area contributed by atoms with Crippen LogP contribution in [0.3, 0.4) is 0 Å². The van der Waals surface area contributed by atoms with Gasteiger partial charge < -0.3 is 10.5 Å². The number of amides is 1. The van der Waals surface area contributed by atoms with Crippen LogP contribution in [0.2, 0.25) is 0 Å². The molecule has 2 aromatic rings. The molecule has 0 aromatic heterocycles. The molecular formula is C15H13FN2O2. The molecule has 0 fully saturated rings. The van der Waals surface area contributed by atoms with Crippen LogP contribution < -0.4 is 15.4 Å². The van der Waals surface area contributed by atoms with Crippen LogP contribution in [-0.4, -0.2) is 12.5 Å². The van der Waals surface area contributed by atoms with E-state index in [4.69, 9.17) is 10.5 Å². The molecule has 0 unspecified atom stereocenters. The molecule has 0 saturated heterocycles. The molecule has 1 aliphatic heterocycles. The maximum atomic E-state index is 12.9. The monoisotopic (exact) mass is 272 g/mol. The van der Waals surface area contributed by atoms with Gasteiger partial charge in [-0.15, -0.1) is 0 Å². The molecular weight excluding hydrogens is 259 g/mol. The summed E-state index contributed by atoms with van der Waals surface area (Å²) in [7, 11) is 0. The Balaban J connectivity index is 1.97. The molecule has 1 heterocycles. The third-order valence-corrected chi connectivity index (χ3v) is 3.21. The molecule has 0 saturated carbocycles. The van der Waals surface area contributed by atoms with Crippen molar-refractivity contribution in [2.45, 2.75) is 6.54 Å². The first-order valence-corrected chi connectivity index (χ1v) is 6.21. The minimum Gasteiger partial charge on any atom is -0.481 e. The van der Waals surface area contributed by atoms with Gasteiger partial charge in [0.1, 0.15) is 17.3 Å². The summed E-state index contributed by atoms with van der Waals surface area (Å²) < 4.78 is 18.3. The van der Waals surface area contributed by atoms with Crippen LogP contribution >= 0.6 is 0 Å². The van der Waals surface area contributed by atoms with Gasteiger partial charge in [0.2, 0.25) is 0 Å². The van der Waals surface area contributed by atoms with E-state index in [0.717, 1.165) is 5.56 Å². The smallest absolute Gasteiger partial charge is 0.265 e. The number of anilines is 2. The van der Waals surface area contributed by atoms with E-state index >= 15 is 0 Å². The molecule has 0 bridgehead atoms. The van der Waals surface area contributed by atoms with E-state index < -0.39 is 0 Å². The number of hydrogen-bond donors (Lipinski definition) is 1. The molecule has 3 rings (SSSR count). The van der Waals surface area contributed by atoms with Crippen LogP contribution in [0, 0.1) is 5.82 Å². The summed E-state index contributed by atoms with van der Waals surface area (Å²) in [5.74, 6) is 0.119. The Hall–Kier alpha value is -2.56. The maximum absolute atomic E-state index is 12.9. The number of hydrogen-bond acceptors (Lipinski definition) is 3. The summed E-state index contributed by atoms with van der Waals surface area (Å²) >= 11 is 0. The van der Waals surface area contributed by atoms with Crippen LogP contribution in [0.1, 0.15) is 5.56 Å². The van der Waals surface area contributed by atoms with Gasteiger partial charge in [0, 0.05) is 0 Å². The van der Waals surface area contributed by atoms with E-state index in [1.54, 1.807) is 35.2 Å². The summed E-state index contributed by atoms with van der Waals surface area (Å²) in [6.07, 6.45) is 0. The first-order valence-electron chi connectivity index (χ1n) is 6.21. The van der Waals surface area contributed by atoms with E-state index in [1.165, 1.54) is 12.1 Å². The molecule has 2 aromatic carbocycles. The second-order valence-electron chi connectivity index (χ2n) is 4.59. The largest absolute Gasteiger partial charge is 0.481 e. The summed E-state index contributed by atoms with van der Waals surface area (Å²) in [6, 6.07) is 11.3. The highest BCUT2D eigenvalue weighted by atomic mass is 19.1. The number of nitrogen functional groups attached to an aromatic ring is 1. The number of nitrogens with zero attached hydrogens (tertiary/aromatic N) is 1. The molecule has 0 radical (unpaired) electrons. The molecule has 0 atom stereocenters. The van der Waals surface area contributed by atoms with Crippen molar-refractivity contribution in [2.24, 2.45) is 0 Å². The van der Waals surface area contributed by atoms with E-state index in [0.29, 0.717) is 23.7 Å². The zero-order chi connectivity index (χ0) is 14.1. The number of nitrogens with two attached hydrogens (primary N) is 1. The first-order chi connectivity index (χ1) is 9.65. The molecule has 1 aliphatic rings. The van der Waals surface area contributed by atoms with Gasteiger partial charge >= 0.3 is 0 Å². The van der Waals surface area contributed by atoms with Gasteiger partial charge in [0.15, 0.2) is 6.61 Å². The SMILES string of the molecule is Nc1cccc2c1N(Cc1ccc(F)cc1)C(=O)CO2. The third-order valence-electron chi connectivity index (χ3n) is 3.21. The summed E-state index contributed by atoms with van der Waals surface area (Å²) in [5, 5.41) is 0. The van der Waals surface area contributed by atoms with Crippen molar-refractivity contribution in [1.29, 1.82) is 0 Å². The Labute approximate surface area is 115 Å². The fourth-order valence-corrected chi connectivity index (χ4v) is 2.23. The second-order valence-corrected chi connectivity index (χ2v) is 4.59. The zero-order valence-corrected chi connectivity index (χ0v) is 10.7. The quantitative estimate of drug-likeness (QED) is 0.854. The third kappa shape index (κ3) is 2.18. The lowest BCUT2D eigenvalue weighted by atomic mass is 10.1. The molecule has 2 N–H and O–H groups in total. The number of carbonyl (C=O) groups excluding carboxylic acids is 1. The number of para-hydroxylation sites is 1. The minimum atomic E-state index is -0.304. The van der Waals surface area contributed by atoms with Crippen molar-refractivity contribution >= 4 is 17.3 Å². The van der Waals surface area contributed by atoms with Crippen molar-refractivity contribution in [3.8, 4) is 5.75 Å². The van der Waals surface area contributed by atoms with E-state index in [2.05, 4.69) is 0 Å². The zero-order valence-electron chi connectivity index (χ0n) is 10.7. The van der Waals surface area contributed by atoms with Crippen LogP contribution in [0.15, 0.2) is 42.5 Å². The van der Waals surface area contributed by atoms with Crippen LogP contribution in [-0.2, 0) is 11.3 Å². The van der Waals surface area contributed by atoms with Crippen LogP contribution in [0.4, 0.5) is 15.8 Å². The van der Waals surface area contributed by atoms with Crippen molar-refractivity contribution < 1.29 is 13.9 Å². The van der Waals surface area contributed by atoms with Crippen molar-refractivity contribution in [3.05, 3.63) is 53.8 Å². The average Bonchev–Trinajstić information content (AvgIpc) is 2.44. The van der Waals surface area contributed by atoms with Crippen molar-refractivity contribution in [2.75, 3.05) is 17.2 Å². The lowest BCUT2D eigenvalue weighted by Gasteiger charge is -2.30. The fourth-order valence-electron chi connectivity index (χ4n) is 2.23. The number of ether oxygens (including phenoxy) is 1. The van der Waals surface area contributed by atoms with E-state index in [1.807, 2.05) is 0 Å². The second kappa shape index (κ2) is 4.85. The molecule has 20 heavy (non-hydrogen) atoms. The van der Waals surface area contributed by atoms with Gasteiger partial charge in [-0.2, -0.15) is 0 Å². The number of benzene rings is 2. The van der Waals surface area contributed by atoms with Gasteiger partial charge in [0.05, 0.1) is 12.2 Å². The Morgan fingerprint density at radius 2 is 1.95 bits per heavy atom. The van der Waals surface area contributed by atoms with E-state index in [-0.39, 0.29) is 18.3 Å². The highest BCUT2D eigenvalue weighted by Gasteiger charge is 2.27. The highest BCUT2D eigenvalue weighted by Crippen LogP contribution is 2.37. The molecule has 102 valence electrons. The summed E-state index contributed by atoms with van der Waals surface area (Å²) in [6.45, 7) is 0.321. The first kappa shape index (κ1) is 12.5. The Morgan fingerprint density at radius 3 is 2.70 bits per heavy atom. The number of halogens is 1. The number of carbonyl (C=O) groups is 1. The fraction of sp³-hybridized carbons (Fsp3) is 0.133. The highest BCUT2D eigenvalue weighted by molar-refractivity contribution is 6.01. The molecule has 0 aliphatic carbocycles. The van der Waals surface area contributed by atoms with Crippen LogP contribution in [0.25, 0.3) is 0 Å². The molecule has 1 amide bonds. The molecule has 5 heteroatoms. The Bertz CT molecular complexity index is 655. The normalized spacial score (nSPS) is 13.8. The molecule has 4 nitrogen and oxygen atoms in total. The Kier molecular flexibility index (Phi) is 3.02. The minimum absolute atomic E-state index is 0.0162. The van der Waals surface area contributed by atoms with Gasteiger partial charge in [-0.05, 0) is 29.8 Å². The van der Waals surface area contributed by atoms with Gasteiger partial charge in [0.25, 0.3) is 5.91 Å². The lowest BCUT2D eigenvalue weighted by molar-refractivity contribution is -0.121. The number of rotatable bonds is 2. The average molecular weight is 272 g/mol. The maximum Gasteiger partial charge on any atom is 0.265 e. The van der Waals surface area contributed by atoms with Gasteiger partial charge in [-0.3, -0.25) is 9.69 Å². The summed E-state index contributed by atoms with van der Waals surface area (Å²) in [4.78, 5) is 13.6. The number of fused-ring (bicyclic) bond motifs is 1. The predicted molar refractivity (Wildman–Crippen MR) is 73.9 cm³/mol. The molecule has 0 spiro atoms. The van der Waals surface area contributed by atoms with Gasteiger partial charge in [-0.25, -0.2) is 4.39 Å². The summed E-state index contributed by atoms with van der Waals surface area (Å²) in [5.41, 5.74) is 7.83. The van der Waals surface area contributed by atoms with E-state index in [9.17, 15) is 9.18 Å². The van der Waals surface area contributed by atoms with Crippen LogP contribution in [0.5, 0.6) is 5.75 Å². The predicted octanol–water partition coefficient (Wildman–Crippen LogP) is 2.33.